The first-order chi connectivity index (χ1) is 9.48. The number of anilines is 2. The quantitative estimate of drug-likeness (QED) is 0.668. The van der Waals surface area contributed by atoms with Crippen LogP contribution in [0.15, 0.2) is 0 Å². The smallest absolute Gasteiger partial charge is 0.323 e. The zero-order chi connectivity index (χ0) is 15.2. The van der Waals surface area contributed by atoms with Crippen LogP contribution in [0, 0.1) is 0 Å². The summed E-state index contributed by atoms with van der Waals surface area (Å²) in [4.78, 5) is 12.6. The summed E-state index contributed by atoms with van der Waals surface area (Å²) in [7, 11) is 1.73. The molecule has 0 unspecified atom stereocenters. The summed E-state index contributed by atoms with van der Waals surface area (Å²) in [6.45, 7) is 7.86. The molecule has 1 aromatic rings. The lowest BCUT2D eigenvalue weighted by molar-refractivity contribution is 0.200. The standard InChI is InChI=1S/C13H25N5O2/c1-6-13(7-2,8-19)18-11-15-10(14-5)16-12(17-11)20-9(3)4/h9,19H,6-8H2,1-5H3,(H2,14,15,16,17,18). The second kappa shape index (κ2) is 7.23. The summed E-state index contributed by atoms with van der Waals surface area (Å²) in [5.74, 6) is 0.829. The van der Waals surface area contributed by atoms with Crippen LogP contribution in [0.4, 0.5) is 11.9 Å². The van der Waals surface area contributed by atoms with E-state index in [0.29, 0.717) is 11.9 Å². The molecule has 0 aromatic carbocycles. The molecule has 1 rings (SSSR count). The molecule has 0 radical (unpaired) electrons. The first-order valence-electron chi connectivity index (χ1n) is 6.98. The first kappa shape index (κ1) is 16.4. The van der Waals surface area contributed by atoms with Crippen LogP contribution >= 0.6 is 0 Å². The van der Waals surface area contributed by atoms with E-state index >= 15 is 0 Å². The predicted octanol–water partition coefficient (Wildman–Crippen LogP) is 1.66. The molecule has 0 fully saturated rings. The van der Waals surface area contributed by atoms with E-state index in [2.05, 4.69) is 25.6 Å². The Morgan fingerprint density at radius 1 is 1.15 bits per heavy atom. The van der Waals surface area contributed by atoms with Crippen molar-refractivity contribution in [3.05, 3.63) is 0 Å². The second-order valence-electron chi connectivity index (χ2n) is 4.95. The van der Waals surface area contributed by atoms with Crippen molar-refractivity contribution in [3.8, 4) is 6.01 Å². The summed E-state index contributed by atoms with van der Waals surface area (Å²) in [5.41, 5.74) is -0.429. The maximum atomic E-state index is 9.60. The van der Waals surface area contributed by atoms with Crippen molar-refractivity contribution in [2.75, 3.05) is 24.3 Å². The Kier molecular flexibility index (Phi) is 5.94. The molecule has 20 heavy (non-hydrogen) atoms. The molecule has 0 amide bonds. The topological polar surface area (TPSA) is 92.2 Å². The molecule has 0 spiro atoms. The van der Waals surface area contributed by atoms with E-state index in [1.807, 2.05) is 27.7 Å². The third-order valence-corrected chi connectivity index (χ3v) is 3.21. The van der Waals surface area contributed by atoms with Crippen molar-refractivity contribution in [2.24, 2.45) is 0 Å². The summed E-state index contributed by atoms with van der Waals surface area (Å²) in [5, 5.41) is 15.7. The van der Waals surface area contributed by atoms with Crippen LogP contribution in [0.5, 0.6) is 6.01 Å². The SMILES string of the molecule is CCC(CC)(CO)Nc1nc(NC)nc(OC(C)C)n1. The summed E-state index contributed by atoms with van der Waals surface area (Å²) in [6.07, 6.45) is 1.51. The van der Waals surface area contributed by atoms with Crippen LogP contribution in [0.25, 0.3) is 0 Å². The Morgan fingerprint density at radius 3 is 2.20 bits per heavy atom. The van der Waals surface area contributed by atoms with Gasteiger partial charge in [-0.3, -0.25) is 0 Å². The summed E-state index contributed by atoms with van der Waals surface area (Å²) < 4.78 is 5.51. The zero-order valence-corrected chi connectivity index (χ0v) is 12.9. The minimum absolute atomic E-state index is 0.0148. The number of aliphatic hydroxyl groups excluding tert-OH is 1. The zero-order valence-electron chi connectivity index (χ0n) is 12.9. The molecule has 0 aliphatic carbocycles. The van der Waals surface area contributed by atoms with Crippen molar-refractivity contribution >= 4 is 11.9 Å². The minimum atomic E-state index is -0.429. The highest BCUT2D eigenvalue weighted by atomic mass is 16.5. The first-order valence-corrected chi connectivity index (χ1v) is 6.98. The van der Waals surface area contributed by atoms with E-state index in [1.54, 1.807) is 7.05 Å². The molecule has 1 aromatic heterocycles. The third-order valence-electron chi connectivity index (χ3n) is 3.21. The Balaban J connectivity index is 3.04. The van der Waals surface area contributed by atoms with Gasteiger partial charge in [-0.2, -0.15) is 15.0 Å². The maximum Gasteiger partial charge on any atom is 0.323 e. The summed E-state index contributed by atoms with van der Waals surface area (Å²) >= 11 is 0. The molecule has 1 heterocycles. The molecule has 3 N–H and O–H groups in total. The number of hydrogen-bond acceptors (Lipinski definition) is 7. The van der Waals surface area contributed by atoms with E-state index < -0.39 is 5.54 Å². The Hall–Kier alpha value is -1.63. The highest BCUT2D eigenvalue weighted by Crippen LogP contribution is 2.21. The van der Waals surface area contributed by atoms with Gasteiger partial charge in [0.25, 0.3) is 0 Å². The van der Waals surface area contributed by atoms with Crippen LogP contribution < -0.4 is 15.4 Å². The van der Waals surface area contributed by atoms with E-state index in [0.717, 1.165) is 12.8 Å². The number of aliphatic hydroxyl groups is 1. The highest BCUT2D eigenvalue weighted by molar-refractivity contribution is 5.37. The van der Waals surface area contributed by atoms with Crippen molar-refractivity contribution < 1.29 is 9.84 Å². The lowest BCUT2D eigenvalue weighted by Gasteiger charge is -2.30. The number of rotatable bonds is 8. The predicted molar refractivity (Wildman–Crippen MR) is 79.2 cm³/mol. The van der Waals surface area contributed by atoms with Gasteiger partial charge in [-0.25, -0.2) is 0 Å². The van der Waals surface area contributed by atoms with Gasteiger partial charge in [0.05, 0.1) is 18.2 Å². The average Bonchev–Trinajstić information content (AvgIpc) is 2.44. The fraction of sp³-hybridized carbons (Fsp3) is 0.769. The van der Waals surface area contributed by atoms with Gasteiger partial charge >= 0.3 is 6.01 Å². The number of aromatic nitrogens is 3. The van der Waals surface area contributed by atoms with Crippen molar-refractivity contribution in [3.63, 3.8) is 0 Å². The molecule has 7 nitrogen and oxygen atoms in total. The maximum absolute atomic E-state index is 9.60. The molecule has 0 aliphatic rings. The van der Waals surface area contributed by atoms with E-state index in [1.165, 1.54) is 0 Å². The fourth-order valence-corrected chi connectivity index (χ4v) is 1.71. The highest BCUT2D eigenvalue weighted by Gasteiger charge is 2.26. The van der Waals surface area contributed by atoms with Crippen molar-refractivity contribution in [1.29, 1.82) is 0 Å². The largest absolute Gasteiger partial charge is 0.461 e. The van der Waals surface area contributed by atoms with E-state index in [4.69, 9.17) is 4.74 Å². The average molecular weight is 283 g/mol. The molecular formula is C13H25N5O2. The van der Waals surface area contributed by atoms with Crippen LogP contribution in [0.1, 0.15) is 40.5 Å². The summed E-state index contributed by atoms with van der Waals surface area (Å²) in [6, 6.07) is 0.265. The number of nitrogens with zero attached hydrogens (tertiary/aromatic N) is 3. The number of hydrogen-bond donors (Lipinski definition) is 3. The monoisotopic (exact) mass is 283 g/mol. The Morgan fingerprint density at radius 2 is 1.75 bits per heavy atom. The normalized spacial score (nSPS) is 11.6. The van der Waals surface area contributed by atoms with E-state index in [9.17, 15) is 5.11 Å². The van der Waals surface area contributed by atoms with Gasteiger partial charge < -0.3 is 20.5 Å². The van der Waals surface area contributed by atoms with Gasteiger partial charge in [0.2, 0.25) is 11.9 Å². The molecule has 0 bridgehead atoms. The second-order valence-corrected chi connectivity index (χ2v) is 4.95. The van der Waals surface area contributed by atoms with E-state index in [-0.39, 0.29) is 18.7 Å². The molecule has 0 saturated carbocycles. The fourth-order valence-electron chi connectivity index (χ4n) is 1.71. The molecule has 0 aliphatic heterocycles. The molecule has 0 atom stereocenters. The Bertz CT molecular complexity index is 413. The lowest BCUT2D eigenvalue weighted by Crippen LogP contribution is -2.41. The van der Waals surface area contributed by atoms with Gasteiger partial charge in [-0.1, -0.05) is 13.8 Å². The Labute approximate surface area is 120 Å². The van der Waals surface area contributed by atoms with Gasteiger partial charge in [0, 0.05) is 7.05 Å². The van der Waals surface area contributed by atoms with Crippen molar-refractivity contribution in [1.82, 2.24) is 15.0 Å². The molecular weight excluding hydrogens is 258 g/mol. The molecule has 114 valence electrons. The van der Waals surface area contributed by atoms with Crippen LogP contribution in [-0.4, -0.2) is 45.4 Å². The van der Waals surface area contributed by atoms with Crippen LogP contribution in [-0.2, 0) is 0 Å². The van der Waals surface area contributed by atoms with Crippen molar-refractivity contribution in [2.45, 2.75) is 52.2 Å². The minimum Gasteiger partial charge on any atom is -0.461 e. The van der Waals surface area contributed by atoms with Gasteiger partial charge in [0.1, 0.15) is 0 Å². The van der Waals surface area contributed by atoms with Crippen LogP contribution in [0.3, 0.4) is 0 Å². The number of ether oxygens (including phenoxy) is 1. The third kappa shape index (κ3) is 4.19. The van der Waals surface area contributed by atoms with Gasteiger partial charge in [0.15, 0.2) is 0 Å². The molecule has 0 saturated heterocycles. The van der Waals surface area contributed by atoms with Crippen LogP contribution in [0.2, 0.25) is 0 Å². The molecule has 7 heteroatoms. The number of nitrogens with one attached hydrogen (secondary N) is 2. The lowest BCUT2D eigenvalue weighted by atomic mass is 9.94. The van der Waals surface area contributed by atoms with Gasteiger partial charge in [-0.15, -0.1) is 0 Å². The van der Waals surface area contributed by atoms with Gasteiger partial charge in [-0.05, 0) is 26.7 Å².